The normalized spacial score (nSPS) is 17.4. The number of nitrogens with one attached hydrogen (secondary N) is 1. The van der Waals surface area contributed by atoms with Crippen molar-refractivity contribution in [3.8, 4) is 5.75 Å². The van der Waals surface area contributed by atoms with Gasteiger partial charge in [0, 0.05) is 29.6 Å². The van der Waals surface area contributed by atoms with Gasteiger partial charge >= 0.3 is 0 Å². The maximum Gasteiger partial charge on any atom is 0.128 e. The van der Waals surface area contributed by atoms with Crippen LogP contribution >= 0.6 is 0 Å². The highest BCUT2D eigenvalue weighted by Gasteiger charge is 2.34. The summed E-state index contributed by atoms with van der Waals surface area (Å²) in [6.45, 7) is 8.55. The Hall–Kier alpha value is -1.09. The maximum atomic E-state index is 5.54. The third-order valence-corrected chi connectivity index (χ3v) is 4.71. The highest BCUT2D eigenvalue weighted by Crippen LogP contribution is 2.41. The number of methoxy groups -OCH3 is 1. The van der Waals surface area contributed by atoms with Crippen LogP contribution in [0.1, 0.15) is 49.4 Å². The van der Waals surface area contributed by atoms with Gasteiger partial charge in [-0.25, -0.2) is 0 Å². The highest BCUT2D eigenvalue weighted by atomic mass is 16.5. The van der Waals surface area contributed by atoms with Gasteiger partial charge in [0.25, 0.3) is 0 Å². The third-order valence-electron chi connectivity index (χ3n) is 4.71. The lowest BCUT2D eigenvalue weighted by Gasteiger charge is -2.30. The number of aryl methyl sites for hydroxylation is 1. The van der Waals surface area contributed by atoms with Crippen molar-refractivity contribution in [1.82, 2.24) is 10.3 Å². The topological polar surface area (TPSA) is 34.2 Å². The Kier molecular flexibility index (Phi) is 5.03. The molecule has 0 bridgehead atoms. The first-order chi connectivity index (χ1) is 9.62. The van der Waals surface area contributed by atoms with Crippen molar-refractivity contribution in [1.29, 1.82) is 0 Å². The molecule has 1 fully saturated rings. The molecule has 0 spiro atoms. The van der Waals surface area contributed by atoms with Crippen molar-refractivity contribution < 1.29 is 4.74 Å². The average molecular weight is 276 g/mol. The Labute approximate surface area is 123 Å². The van der Waals surface area contributed by atoms with E-state index >= 15 is 0 Å². The molecule has 0 amide bonds. The SMILES string of the molecule is CCNCC1(Cc2ncc(C)c(OC)c2C)CCCC1. The van der Waals surface area contributed by atoms with Crippen LogP contribution in [-0.2, 0) is 6.42 Å². The van der Waals surface area contributed by atoms with Gasteiger partial charge < -0.3 is 10.1 Å². The van der Waals surface area contributed by atoms with Gasteiger partial charge in [-0.2, -0.15) is 0 Å². The fourth-order valence-corrected chi connectivity index (χ4v) is 3.54. The van der Waals surface area contributed by atoms with E-state index in [4.69, 9.17) is 9.72 Å². The van der Waals surface area contributed by atoms with Crippen LogP contribution in [0.25, 0.3) is 0 Å². The van der Waals surface area contributed by atoms with Crippen molar-refractivity contribution in [2.45, 2.75) is 52.9 Å². The van der Waals surface area contributed by atoms with Gasteiger partial charge in [-0.1, -0.05) is 19.8 Å². The summed E-state index contributed by atoms with van der Waals surface area (Å²) < 4.78 is 5.54. The molecule has 1 saturated carbocycles. The molecule has 112 valence electrons. The molecule has 0 atom stereocenters. The zero-order chi connectivity index (χ0) is 14.6. The third kappa shape index (κ3) is 3.14. The van der Waals surface area contributed by atoms with Gasteiger partial charge in [0.15, 0.2) is 0 Å². The Morgan fingerprint density at radius 1 is 1.30 bits per heavy atom. The predicted molar refractivity (Wildman–Crippen MR) is 83.4 cm³/mol. The minimum Gasteiger partial charge on any atom is -0.496 e. The number of hydrogen-bond donors (Lipinski definition) is 1. The van der Waals surface area contributed by atoms with Crippen LogP contribution in [0.5, 0.6) is 5.75 Å². The molecule has 0 unspecified atom stereocenters. The molecular weight excluding hydrogens is 248 g/mol. The summed E-state index contributed by atoms with van der Waals surface area (Å²) in [4.78, 5) is 4.70. The molecule has 0 aliphatic heterocycles. The molecule has 20 heavy (non-hydrogen) atoms. The molecule has 0 saturated heterocycles. The van der Waals surface area contributed by atoms with Crippen LogP contribution in [0.15, 0.2) is 6.20 Å². The Morgan fingerprint density at radius 3 is 2.60 bits per heavy atom. The number of hydrogen-bond acceptors (Lipinski definition) is 3. The van der Waals surface area contributed by atoms with E-state index in [1.807, 2.05) is 6.20 Å². The lowest BCUT2D eigenvalue weighted by molar-refractivity contribution is 0.276. The zero-order valence-electron chi connectivity index (χ0n) is 13.4. The second-order valence-corrected chi connectivity index (χ2v) is 6.21. The molecule has 3 nitrogen and oxygen atoms in total. The first kappa shape index (κ1) is 15.3. The molecule has 1 heterocycles. The summed E-state index contributed by atoms with van der Waals surface area (Å²) in [6, 6.07) is 0. The standard InChI is InChI=1S/C17H28N2O/c1-5-18-12-17(8-6-7-9-17)10-15-14(3)16(20-4)13(2)11-19-15/h11,18H,5-10,12H2,1-4H3. The Balaban J connectivity index is 2.23. The van der Waals surface area contributed by atoms with Crippen LogP contribution < -0.4 is 10.1 Å². The van der Waals surface area contributed by atoms with Gasteiger partial charge in [0.05, 0.1) is 7.11 Å². The average Bonchev–Trinajstić information content (AvgIpc) is 2.90. The van der Waals surface area contributed by atoms with Crippen molar-refractivity contribution in [2.24, 2.45) is 5.41 Å². The lowest BCUT2D eigenvalue weighted by Crippen LogP contribution is -2.34. The van der Waals surface area contributed by atoms with Crippen molar-refractivity contribution >= 4 is 0 Å². The van der Waals surface area contributed by atoms with E-state index in [2.05, 4.69) is 26.1 Å². The second kappa shape index (κ2) is 6.57. The maximum absolute atomic E-state index is 5.54. The monoisotopic (exact) mass is 276 g/mol. The zero-order valence-corrected chi connectivity index (χ0v) is 13.4. The quantitative estimate of drug-likeness (QED) is 0.864. The van der Waals surface area contributed by atoms with Crippen molar-refractivity contribution in [3.63, 3.8) is 0 Å². The van der Waals surface area contributed by atoms with Crippen LogP contribution in [0.2, 0.25) is 0 Å². The Morgan fingerprint density at radius 2 is 2.00 bits per heavy atom. The molecule has 1 N–H and O–H groups in total. The second-order valence-electron chi connectivity index (χ2n) is 6.21. The number of aromatic nitrogens is 1. The minimum atomic E-state index is 0.397. The van der Waals surface area contributed by atoms with Crippen molar-refractivity contribution in [2.75, 3.05) is 20.2 Å². The van der Waals surface area contributed by atoms with E-state index in [-0.39, 0.29) is 0 Å². The summed E-state index contributed by atoms with van der Waals surface area (Å²) in [7, 11) is 1.75. The molecule has 1 aromatic heterocycles. The summed E-state index contributed by atoms with van der Waals surface area (Å²) in [5.41, 5.74) is 3.96. The molecule has 0 aromatic carbocycles. The van der Waals surface area contributed by atoms with Gasteiger partial charge in [-0.15, -0.1) is 0 Å². The van der Waals surface area contributed by atoms with E-state index < -0.39 is 0 Å². The largest absolute Gasteiger partial charge is 0.496 e. The summed E-state index contributed by atoms with van der Waals surface area (Å²) in [5, 5.41) is 3.55. The van der Waals surface area contributed by atoms with E-state index in [0.29, 0.717) is 5.41 Å². The van der Waals surface area contributed by atoms with Crippen LogP contribution in [0.3, 0.4) is 0 Å². The van der Waals surface area contributed by atoms with E-state index in [1.54, 1.807) is 7.11 Å². The first-order valence-corrected chi connectivity index (χ1v) is 7.81. The first-order valence-electron chi connectivity index (χ1n) is 7.81. The molecular formula is C17H28N2O. The molecule has 1 aliphatic carbocycles. The minimum absolute atomic E-state index is 0.397. The summed E-state index contributed by atoms with van der Waals surface area (Å²) >= 11 is 0. The van der Waals surface area contributed by atoms with Gasteiger partial charge in [0.1, 0.15) is 5.75 Å². The van der Waals surface area contributed by atoms with Gasteiger partial charge in [0.2, 0.25) is 0 Å². The van der Waals surface area contributed by atoms with Crippen LogP contribution in [0.4, 0.5) is 0 Å². The van der Waals surface area contributed by atoms with Gasteiger partial charge in [-0.3, -0.25) is 4.98 Å². The highest BCUT2D eigenvalue weighted by molar-refractivity contribution is 5.41. The predicted octanol–water partition coefficient (Wildman–Crippen LogP) is 3.42. The van der Waals surface area contributed by atoms with Gasteiger partial charge in [-0.05, 0) is 45.1 Å². The summed E-state index contributed by atoms with van der Waals surface area (Å²) in [5.74, 6) is 1.01. The van der Waals surface area contributed by atoms with Crippen molar-refractivity contribution in [3.05, 3.63) is 23.0 Å². The number of ether oxygens (including phenoxy) is 1. The molecule has 2 rings (SSSR count). The molecule has 0 radical (unpaired) electrons. The van der Waals surface area contributed by atoms with E-state index in [1.165, 1.54) is 36.9 Å². The fraction of sp³-hybridized carbons (Fsp3) is 0.706. The number of rotatable bonds is 6. The molecule has 1 aromatic rings. The van der Waals surface area contributed by atoms with Crippen LogP contribution in [-0.4, -0.2) is 25.2 Å². The molecule has 1 aliphatic rings. The summed E-state index contributed by atoms with van der Waals surface area (Å²) in [6.07, 6.45) is 8.37. The number of pyridine rings is 1. The smallest absolute Gasteiger partial charge is 0.128 e. The molecule has 3 heteroatoms. The van der Waals surface area contributed by atoms with Crippen LogP contribution in [0, 0.1) is 19.3 Å². The fourth-order valence-electron chi connectivity index (χ4n) is 3.54. The Bertz CT molecular complexity index is 451. The lowest BCUT2D eigenvalue weighted by atomic mass is 9.80. The number of nitrogens with zero attached hydrogens (tertiary/aromatic N) is 1. The van der Waals surface area contributed by atoms with E-state index in [0.717, 1.165) is 30.8 Å². The van der Waals surface area contributed by atoms with E-state index in [9.17, 15) is 0 Å².